The van der Waals surface area contributed by atoms with E-state index in [4.69, 9.17) is 0 Å². The van der Waals surface area contributed by atoms with Gasteiger partial charge in [-0.1, -0.05) is 96.8 Å². The summed E-state index contributed by atoms with van der Waals surface area (Å²) in [6.07, 6.45) is 1.48. The van der Waals surface area contributed by atoms with Crippen molar-refractivity contribution in [2.24, 2.45) is 17.8 Å². The molecule has 1 aliphatic heterocycles. The van der Waals surface area contributed by atoms with E-state index in [1.54, 1.807) is 63.2 Å². The summed E-state index contributed by atoms with van der Waals surface area (Å²) in [5, 5.41) is 28.5. The van der Waals surface area contributed by atoms with Crippen molar-refractivity contribution in [3.63, 3.8) is 0 Å². The van der Waals surface area contributed by atoms with Crippen LogP contribution in [0, 0.1) is 17.8 Å². The molecule has 2 aromatic rings. The van der Waals surface area contributed by atoms with Crippen molar-refractivity contribution in [1.29, 1.82) is 0 Å². The molecule has 3 rings (SSSR count). The number of rotatable bonds is 16. The molecule has 2 aromatic carbocycles. The van der Waals surface area contributed by atoms with Gasteiger partial charge < -0.3 is 47.2 Å². The van der Waals surface area contributed by atoms with Gasteiger partial charge in [0.25, 0.3) is 0 Å². The van der Waals surface area contributed by atoms with Gasteiger partial charge in [-0.2, -0.15) is 0 Å². The van der Waals surface area contributed by atoms with Gasteiger partial charge in [-0.3, -0.25) is 33.6 Å². The molecular formula is C46H66N8O10. The van der Waals surface area contributed by atoms with Crippen LogP contribution >= 0.6 is 0 Å². The first kappa shape index (κ1) is 52.0. The summed E-state index contributed by atoms with van der Waals surface area (Å²) in [4.78, 5) is 123. The Morgan fingerprint density at radius 1 is 0.828 bits per heavy atom. The number of carboxylic acid groups (broad SMARTS) is 1. The number of Topliss-reactive ketones (excluding diaryl/α,β-unsaturated/α-hetero) is 1. The first-order valence-corrected chi connectivity index (χ1v) is 22.0. The maximum absolute atomic E-state index is 14.6. The van der Waals surface area contributed by atoms with Gasteiger partial charge in [-0.05, 0) is 61.1 Å². The van der Waals surface area contributed by atoms with Gasteiger partial charge in [0.05, 0.1) is 5.69 Å². The summed E-state index contributed by atoms with van der Waals surface area (Å²) in [7, 11) is 1.33. The average Bonchev–Trinajstić information content (AvgIpc) is 3.26. The van der Waals surface area contributed by atoms with Crippen molar-refractivity contribution in [1.82, 2.24) is 36.8 Å². The Morgan fingerprint density at radius 3 is 2.11 bits per heavy atom. The lowest BCUT2D eigenvalue weighted by atomic mass is 9.95. The Hall–Kier alpha value is -6.33. The van der Waals surface area contributed by atoms with E-state index in [0.717, 1.165) is 4.90 Å². The maximum atomic E-state index is 14.6. The van der Waals surface area contributed by atoms with Crippen molar-refractivity contribution in [3.8, 4) is 0 Å². The van der Waals surface area contributed by atoms with E-state index in [2.05, 4.69) is 37.2 Å². The summed E-state index contributed by atoms with van der Waals surface area (Å²) in [5.41, 5.74) is 0.976. The highest BCUT2D eigenvalue weighted by Crippen LogP contribution is 2.21. The molecule has 2 unspecified atom stereocenters. The molecule has 8 amide bonds. The van der Waals surface area contributed by atoms with E-state index in [0.29, 0.717) is 31.2 Å². The molecule has 1 fully saturated rings. The van der Waals surface area contributed by atoms with Crippen molar-refractivity contribution in [3.05, 3.63) is 65.7 Å². The Morgan fingerprint density at radius 2 is 1.48 bits per heavy atom. The fourth-order valence-electron chi connectivity index (χ4n) is 7.34. The molecule has 18 nitrogen and oxygen atoms in total. The van der Waals surface area contributed by atoms with Gasteiger partial charge in [-0.25, -0.2) is 9.59 Å². The van der Waals surface area contributed by atoms with E-state index in [1.807, 2.05) is 20.8 Å². The number of urea groups is 1. The van der Waals surface area contributed by atoms with E-state index < -0.39 is 102 Å². The van der Waals surface area contributed by atoms with Crippen LogP contribution in [0.2, 0.25) is 0 Å². The number of ketones is 1. The van der Waals surface area contributed by atoms with Crippen LogP contribution in [0.15, 0.2) is 54.6 Å². The number of para-hydroxylation sites is 1. The van der Waals surface area contributed by atoms with Gasteiger partial charge in [0, 0.05) is 32.0 Å². The Bertz CT molecular complexity index is 1950. The first-order valence-electron chi connectivity index (χ1n) is 22.0. The van der Waals surface area contributed by atoms with Crippen LogP contribution in [0.25, 0.3) is 0 Å². The number of hydrogen-bond donors (Lipinski definition) is 8. The first-order chi connectivity index (χ1) is 30.4. The number of anilines is 1. The Kier molecular flexibility index (Phi) is 20.9. The minimum Gasteiger partial charge on any atom is -0.480 e. The zero-order chi connectivity index (χ0) is 47.5. The molecule has 0 radical (unpaired) electrons. The lowest BCUT2D eigenvalue weighted by Gasteiger charge is -2.33. The number of likely N-dealkylation sites (N-methyl/N-ethyl adjacent to an activating group) is 1. The van der Waals surface area contributed by atoms with Crippen LogP contribution in [-0.4, -0.2) is 114 Å². The van der Waals surface area contributed by atoms with Crippen LogP contribution in [0.3, 0.4) is 0 Å². The molecule has 0 aromatic heterocycles. The predicted molar refractivity (Wildman–Crippen MR) is 240 cm³/mol. The maximum Gasteiger partial charge on any atom is 0.326 e. The Labute approximate surface area is 375 Å². The number of aliphatic carboxylic acids is 1. The quantitative estimate of drug-likeness (QED) is 0.0903. The number of amides is 8. The fourth-order valence-corrected chi connectivity index (χ4v) is 7.34. The number of nitrogens with one attached hydrogen (secondary N) is 7. The zero-order valence-corrected chi connectivity index (χ0v) is 37.9. The molecule has 64 heavy (non-hydrogen) atoms. The van der Waals surface area contributed by atoms with Crippen molar-refractivity contribution in [2.45, 2.75) is 129 Å². The summed E-state index contributed by atoms with van der Waals surface area (Å²) >= 11 is 0. The minimum atomic E-state index is -1.51. The van der Waals surface area contributed by atoms with Crippen LogP contribution < -0.4 is 37.2 Å². The van der Waals surface area contributed by atoms with Crippen LogP contribution in [0.4, 0.5) is 10.5 Å². The van der Waals surface area contributed by atoms with Crippen LogP contribution in [0.5, 0.6) is 0 Å². The third kappa shape index (κ3) is 15.5. The van der Waals surface area contributed by atoms with E-state index in [1.165, 1.54) is 19.2 Å². The fraction of sp³-hybridized carbons (Fsp3) is 0.543. The van der Waals surface area contributed by atoms with Crippen molar-refractivity contribution < 1.29 is 48.3 Å². The largest absolute Gasteiger partial charge is 0.480 e. The lowest BCUT2D eigenvalue weighted by Crippen LogP contribution is -2.61. The molecule has 1 heterocycles. The normalized spacial score (nSPS) is 22.2. The smallest absolute Gasteiger partial charge is 0.326 e. The highest BCUT2D eigenvalue weighted by atomic mass is 16.4. The highest BCUT2D eigenvalue weighted by Gasteiger charge is 2.38. The van der Waals surface area contributed by atoms with E-state index in [9.17, 15) is 48.3 Å². The number of carbonyl (C=O) groups excluding carboxylic acids is 8. The molecule has 0 bridgehead atoms. The molecule has 350 valence electrons. The van der Waals surface area contributed by atoms with Crippen LogP contribution in [-0.2, 0) is 40.0 Å². The third-order valence-electron chi connectivity index (χ3n) is 11.6. The molecular weight excluding hydrogens is 825 g/mol. The summed E-state index contributed by atoms with van der Waals surface area (Å²) < 4.78 is 0. The Balaban J connectivity index is 2.12. The molecule has 0 spiro atoms. The van der Waals surface area contributed by atoms with E-state index in [-0.39, 0.29) is 49.4 Å². The number of hydrogen-bond acceptors (Lipinski definition) is 9. The molecule has 8 N–H and O–H groups in total. The predicted octanol–water partition coefficient (Wildman–Crippen LogP) is 2.91. The third-order valence-corrected chi connectivity index (χ3v) is 11.6. The van der Waals surface area contributed by atoms with Gasteiger partial charge in [0.1, 0.15) is 36.3 Å². The zero-order valence-electron chi connectivity index (χ0n) is 37.9. The SMILES string of the molecule is CCC(C)[C@H](NC(=O)N[C@H]1CCCCNC(=O)[C@H](Cc2ccccc2)NC(=O)[C@@H](CC(=O)c2ccccc2NC=O)N(C)C(=O)[C@H](CC(C)C)NC(=O)[C@H](C(C)CC)NC1=O)C(=O)O. The molecule has 0 aliphatic carbocycles. The summed E-state index contributed by atoms with van der Waals surface area (Å²) in [6, 6.07) is 6.58. The second-order valence-corrected chi connectivity index (χ2v) is 16.9. The second-order valence-electron chi connectivity index (χ2n) is 16.9. The van der Waals surface area contributed by atoms with Crippen molar-refractivity contribution >= 4 is 59.4 Å². The van der Waals surface area contributed by atoms with Gasteiger partial charge in [0.15, 0.2) is 5.78 Å². The monoisotopic (exact) mass is 890 g/mol. The summed E-state index contributed by atoms with van der Waals surface area (Å²) in [5.74, 6) is -6.45. The molecule has 1 saturated heterocycles. The second kappa shape index (κ2) is 25.7. The summed E-state index contributed by atoms with van der Waals surface area (Å²) in [6.45, 7) is 10.8. The topological polar surface area (TPSA) is 261 Å². The number of benzene rings is 2. The van der Waals surface area contributed by atoms with Gasteiger partial charge in [0.2, 0.25) is 35.9 Å². The molecule has 1 aliphatic rings. The lowest BCUT2D eigenvalue weighted by molar-refractivity contribution is -0.143. The van der Waals surface area contributed by atoms with Crippen molar-refractivity contribution in [2.75, 3.05) is 18.9 Å². The highest BCUT2D eigenvalue weighted by molar-refractivity contribution is 6.06. The van der Waals surface area contributed by atoms with Crippen LogP contribution in [0.1, 0.15) is 102 Å². The van der Waals surface area contributed by atoms with Gasteiger partial charge in [-0.15, -0.1) is 0 Å². The molecule has 0 saturated carbocycles. The van der Waals surface area contributed by atoms with E-state index >= 15 is 0 Å². The number of carbonyl (C=O) groups is 9. The standard InChI is InChI=1S/C46H66N8O10/c1-8-28(5)38-43(60)50-35(23-27(3)4)44(61)54(7)36(25-37(56)31-19-13-14-20-32(31)48-26-55)42(59)49-34(24-30-17-11-10-12-18-30)40(57)47-22-16-15-21-33(41(58)52-38)51-46(64)53-39(45(62)63)29(6)9-2/h10-14,17-20,26-29,33-36,38-39H,8-9,15-16,21-25H2,1-7H3,(H,47,57)(H,48,55)(H,49,59)(H,50,60)(H,52,58)(H,62,63)(H2,51,53,64)/t28?,29?,33-,34-,35-,36+,38-,39-/m0/s1. The molecule has 18 heteroatoms. The van der Waals surface area contributed by atoms with Gasteiger partial charge >= 0.3 is 12.0 Å². The molecule has 8 atom stereocenters. The number of carboxylic acids is 1. The number of nitrogens with zero attached hydrogens (tertiary/aromatic N) is 1. The average molecular weight is 891 g/mol. The minimum absolute atomic E-state index is 0.0374.